The molecular formula is C22H21F2N5O. The number of aromatic nitrogens is 2. The molecule has 1 aliphatic rings. The Hall–Kier alpha value is -3.55. The minimum absolute atomic E-state index is 0.413. The molecule has 0 bridgehead atoms. The van der Waals surface area contributed by atoms with Gasteiger partial charge in [0, 0.05) is 36.2 Å². The van der Waals surface area contributed by atoms with E-state index >= 15 is 0 Å². The predicted molar refractivity (Wildman–Crippen MR) is 112 cm³/mol. The van der Waals surface area contributed by atoms with E-state index in [9.17, 15) is 13.6 Å². The van der Waals surface area contributed by atoms with E-state index in [0.717, 1.165) is 55.3 Å². The lowest BCUT2D eigenvalue weighted by molar-refractivity contribution is 0.101. The number of nitrogens with zero attached hydrogens (tertiary/aromatic N) is 3. The van der Waals surface area contributed by atoms with Gasteiger partial charge in [-0.3, -0.25) is 4.79 Å². The van der Waals surface area contributed by atoms with Crippen molar-refractivity contribution < 1.29 is 13.6 Å². The second kappa shape index (κ2) is 8.44. The molecule has 30 heavy (non-hydrogen) atoms. The van der Waals surface area contributed by atoms with E-state index in [1.54, 1.807) is 24.3 Å². The minimum atomic E-state index is -0.906. The Morgan fingerprint density at radius 1 is 0.967 bits per heavy atom. The van der Waals surface area contributed by atoms with Crippen LogP contribution in [0.4, 0.5) is 31.9 Å². The van der Waals surface area contributed by atoms with Gasteiger partial charge >= 0.3 is 0 Å². The summed E-state index contributed by atoms with van der Waals surface area (Å²) in [5, 5.41) is 5.66. The van der Waals surface area contributed by atoms with Crippen LogP contribution in [0.5, 0.6) is 0 Å². The molecule has 0 aliphatic carbocycles. The van der Waals surface area contributed by atoms with Crippen molar-refractivity contribution in [1.82, 2.24) is 9.97 Å². The Balaban J connectivity index is 1.46. The zero-order valence-electron chi connectivity index (χ0n) is 16.5. The van der Waals surface area contributed by atoms with Crippen LogP contribution in [0.15, 0.2) is 48.5 Å². The van der Waals surface area contributed by atoms with Crippen LogP contribution in [0.1, 0.15) is 28.9 Å². The average molecular weight is 409 g/mol. The van der Waals surface area contributed by atoms with Crippen LogP contribution in [0.3, 0.4) is 0 Å². The van der Waals surface area contributed by atoms with Crippen LogP contribution in [-0.2, 0) is 0 Å². The van der Waals surface area contributed by atoms with Crippen molar-refractivity contribution in [2.24, 2.45) is 0 Å². The number of carbonyl (C=O) groups is 1. The molecule has 1 saturated heterocycles. The van der Waals surface area contributed by atoms with Crippen LogP contribution >= 0.6 is 0 Å². The maximum atomic E-state index is 13.8. The molecule has 1 fully saturated rings. The Bertz CT molecular complexity index is 1050. The Labute approximate surface area is 173 Å². The summed E-state index contributed by atoms with van der Waals surface area (Å²) in [6, 6.07) is 12.0. The van der Waals surface area contributed by atoms with E-state index < -0.39 is 23.1 Å². The summed E-state index contributed by atoms with van der Waals surface area (Å²) in [5.74, 6) is -1.27. The third kappa shape index (κ3) is 4.37. The van der Waals surface area contributed by atoms with Crippen LogP contribution in [0.25, 0.3) is 0 Å². The fourth-order valence-electron chi connectivity index (χ4n) is 3.39. The highest BCUT2D eigenvalue weighted by Gasteiger charge is 2.17. The number of amides is 1. The number of halogens is 2. The fourth-order valence-corrected chi connectivity index (χ4v) is 3.39. The number of anilines is 4. The van der Waals surface area contributed by atoms with Gasteiger partial charge in [-0.15, -0.1) is 0 Å². The molecule has 1 aromatic heterocycles. The van der Waals surface area contributed by atoms with E-state index in [2.05, 4.69) is 25.5 Å². The summed E-state index contributed by atoms with van der Waals surface area (Å²) in [4.78, 5) is 23.5. The smallest absolute Gasteiger partial charge is 0.261 e. The minimum Gasteiger partial charge on any atom is -0.356 e. The normalized spacial score (nSPS) is 13.4. The standard InChI is InChI=1S/C22H21F2N5O/c1-14-13-19(29-11-2-3-12-29)28-22(25-14)27-16-9-7-15(8-10-16)26-21(30)20-17(23)5-4-6-18(20)24/h4-10,13H,2-3,11-12H2,1H3,(H,26,30)(H,25,27,28). The molecule has 0 radical (unpaired) electrons. The molecule has 4 rings (SSSR count). The second-order valence-corrected chi connectivity index (χ2v) is 7.14. The monoisotopic (exact) mass is 409 g/mol. The Kier molecular flexibility index (Phi) is 5.56. The van der Waals surface area contributed by atoms with Gasteiger partial charge in [-0.2, -0.15) is 4.98 Å². The maximum absolute atomic E-state index is 13.8. The van der Waals surface area contributed by atoms with Gasteiger partial charge in [-0.25, -0.2) is 13.8 Å². The van der Waals surface area contributed by atoms with E-state index in [-0.39, 0.29) is 0 Å². The van der Waals surface area contributed by atoms with E-state index in [1.165, 1.54) is 6.07 Å². The predicted octanol–water partition coefficient (Wildman–Crippen LogP) is 4.66. The van der Waals surface area contributed by atoms with Crippen molar-refractivity contribution in [2.75, 3.05) is 28.6 Å². The van der Waals surface area contributed by atoms with Gasteiger partial charge in [0.1, 0.15) is 23.0 Å². The average Bonchev–Trinajstić information content (AvgIpc) is 3.24. The van der Waals surface area contributed by atoms with Gasteiger partial charge in [0.05, 0.1) is 0 Å². The zero-order chi connectivity index (χ0) is 21.1. The van der Waals surface area contributed by atoms with E-state index in [4.69, 9.17) is 0 Å². The van der Waals surface area contributed by atoms with Crippen molar-refractivity contribution in [3.63, 3.8) is 0 Å². The maximum Gasteiger partial charge on any atom is 0.261 e. The number of nitrogens with one attached hydrogen (secondary N) is 2. The largest absolute Gasteiger partial charge is 0.356 e. The molecule has 2 heterocycles. The number of rotatable bonds is 5. The molecule has 6 nitrogen and oxygen atoms in total. The summed E-state index contributed by atoms with van der Waals surface area (Å²) in [7, 11) is 0. The van der Waals surface area contributed by atoms with Crippen LogP contribution < -0.4 is 15.5 Å². The molecular weight excluding hydrogens is 388 g/mol. The van der Waals surface area contributed by atoms with Crippen LogP contribution in [-0.4, -0.2) is 29.0 Å². The molecule has 2 aromatic carbocycles. The molecule has 0 atom stereocenters. The molecule has 2 N–H and O–H groups in total. The lowest BCUT2D eigenvalue weighted by atomic mass is 10.1. The van der Waals surface area contributed by atoms with Crippen molar-refractivity contribution in [2.45, 2.75) is 19.8 Å². The van der Waals surface area contributed by atoms with Gasteiger partial charge < -0.3 is 15.5 Å². The summed E-state index contributed by atoms with van der Waals surface area (Å²) >= 11 is 0. The second-order valence-electron chi connectivity index (χ2n) is 7.14. The Morgan fingerprint density at radius 2 is 1.60 bits per heavy atom. The highest BCUT2D eigenvalue weighted by atomic mass is 19.1. The first-order valence-electron chi connectivity index (χ1n) is 9.73. The van der Waals surface area contributed by atoms with Crippen LogP contribution in [0.2, 0.25) is 0 Å². The van der Waals surface area contributed by atoms with Gasteiger partial charge in [0.25, 0.3) is 5.91 Å². The molecule has 0 saturated carbocycles. The summed E-state index contributed by atoms with van der Waals surface area (Å²) < 4.78 is 27.5. The van der Waals surface area contributed by atoms with E-state index in [0.29, 0.717) is 11.6 Å². The Morgan fingerprint density at radius 3 is 2.27 bits per heavy atom. The van der Waals surface area contributed by atoms with Gasteiger partial charge in [0.2, 0.25) is 5.95 Å². The first-order chi connectivity index (χ1) is 14.5. The van der Waals surface area contributed by atoms with E-state index in [1.807, 2.05) is 13.0 Å². The SMILES string of the molecule is Cc1cc(N2CCCC2)nc(Nc2ccc(NC(=O)c3c(F)cccc3F)cc2)n1. The number of carbonyl (C=O) groups excluding carboxylic acids is 1. The van der Waals surface area contributed by atoms with Gasteiger partial charge in [-0.1, -0.05) is 6.07 Å². The molecule has 154 valence electrons. The summed E-state index contributed by atoms with van der Waals surface area (Å²) in [5.41, 5.74) is 1.40. The van der Waals surface area contributed by atoms with Gasteiger partial charge in [-0.05, 0) is 56.2 Å². The number of aryl methyl sites for hydroxylation is 1. The number of benzene rings is 2. The topological polar surface area (TPSA) is 70.2 Å². The highest BCUT2D eigenvalue weighted by molar-refractivity contribution is 6.04. The first-order valence-corrected chi connectivity index (χ1v) is 9.73. The lowest BCUT2D eigenvalue weighted by Gasteiger charge is -2.17. The molecule has 1 aliphatic heterocycles. The molecule has 0 spiro atoms. The quantitative estimate of drug-likeness (QED) is 0.641. The molecule has 8 heteroatoms. The van der Waals surface area contributed by atoms with Crippen molar-refractivity contribution >= 4 is 29.0 Å². The summed E-state index contributed by atoms with van der Waals surface area (Å²) in [6.07, 6.45) is 2.32. The molecule has 1 amide bonds. The van der Waals surface area contributed by atoms with Crippen molar-refractivity contribution in [3.05, 3.63) is 71.4 Å². The van der Waals surface area contributed by atoms with Gasteiger partial charge in [0.15, 0.2) is 0 Å². The third-order valence-electron chi connectivity index (χ3n) is 4.86. The molecule has 3 aromatic rings. The fraction of sp³-hybridized carbons (Fsp3) is 0.227. The summed E-state index contributed by atoms with van der Waals surface area (Å²) in [6.45, 7) is 3.91. The first kappa shape index (κ1) is 19.8. The zero-order valence-corrected chi connectivity index (χ0v) is 16.5. The molecule has 0 unspecified atom stereocenters. The number of hydrogen-bond donors (Lipinski definition) is 2. The van der Waals surface area contributed by atoms with Crippen LogP contribution in [0, 0.1) is 18.6 Å². The van der Waals surface area contributed by atoms with Crippen molar-refractivity contribution in [1.29, 1.82) is 0 Å². The number of hydrogen-bond acceptors (Lipinski definition) is 5. The third-order valence-corrected chi connectivity index (χ3v) is 4.86. The lowest BCUT2D eigenvalue weighted by Crippen LogP contribution is -2.19. The van der Waals surface area contributed by atoms with Crippen molar-refractivity contribution in [3.8, 4) is 0 Å². The highest BCUT2D eigenvalue weighted by Crippen LogP contribution is 2.23.